The van der Waals surface area contributed by atoms with Crippen LogP contribution in [-0.2, 0) is 12.0 Å². The van der Waals surface area contributed by atoms with E-state index in [9.17, 15) is 13.6 Å². The van der Waals surface area contributed by atoms with E-state index in [0.717, 1.165) is 24.2 Å². The molecule has 0 atom stereocenters. The summed E-state index contributed by atoms with van der Waals surface area (Å²) in [7, 11) is 0. The molecule has 3 aromatic rings. The van der Waals surface area contributed by atoms with Crippen molar-refractivity contribution in [1.29, 1.82) is 0 Å². The Morgan fingerprint density at radius 1 is 1.06 bits per heavy atom. The highest BCUT2D eigenvalue weighted by Crippen LogP contribution is 2.38. The Hall–Kier alpha value is -3.41. The van der Waals surface area contributed by atoms with E-state index in [0.29, 0.717) is 5.69 Å². The Kier molecular flexibility index (Phi) is 5.63. The Balaban J connectivity index is 1.54. The van der Waals surface area contributed by atoms with Gasteiger partial charge in [0.15, 0.2) is 0 Å². The molecule has 0 bridgehead atoms. The van der Waals surface area contributed by atoms with Gasteiger partial charge in [-0.15, -0.1) is 0 Å². The molecular weight excluding hydrogens is 396 g/mol. The molecule has 0 spiro atoms. The highest BCUT2D eigenvalue weighted by atomic mass is 19.1. The fraction of sp³-hybridized carbons (Fsp3) is 0.240. The predicted molar refractivity (Wildman–Crippen MR) is 121 cm³/mol. The van der Waals surface area contributed by atoms with Gasteiger partial charge in [-0.05, 0) is 59.4 Å². The molecule has 3 N–H and O–H groups in total. The van der Waals surface area contributed by atoms with Crippen LogP contribution in [-0.4, -0.2) is 12.5 Å². The van der Waals surface area contributed by atoms with Crippen molar-refractivity contribution >= 4 is 23.0 Å². The van der Waals surface area contributed by atoms with Gasteiger partial charge in [0.2, 0.25) is 0 Å². The minimum atomic E-state index is -0.524. The van der Waals surface area contributed by atoms with E-state index in [1.54, 1.807) is 18.2 Å². The van der Waals surface area contributed by atoms with Crippen molar-refractivity contribution in [2.45, 2.75) is 32.2 Å². The third-order valence-electron chi connectivity index (χ3n) is 5.71. The molecule has 1 aliphatic heterocycles. The van der Waals surface area contributed by atoms with Crippen molar-refractivity contribution in [1.82, 2.24) is 0 Å². The van der Waals surface area contributed by atoms with Crippen LogP contribution in [0.25, 0.3) is 0 Å². The van der Waals surface area contributed by atoms with E-state index in [-0.39, 0.29) is 29.0 Å². The predicted octanol–water partition coefficient (Wildman–Crippen LogP) is 5.92. The maximum Gasteiger partial charge on any atom is 0.257 e. The Morgan fingerprint density at radius 3 is 2.61 bits per heavy atom. The van der Waals surface area contributed by atoms with Crippen LogP contribution in [0.1, 0.15) is 41.8 Å². The fourth-order valence-corrected chi connectivity index (χ4v) is 3.89. The summed E-state index contributed by atoms with van der Waals surface area (Å²) in [6, 6.07) is 16.1. The van der Waals surface area contributed by atoms with Gasteiger partial charge in [-0.1, -0.05) is 38.1 Å². The molecule has 0 unspecified atom stereocenters. The minimum Gasteiger partial charge on any atom is -0.385 e. The van der Waals surface area contributed by atoms with Crippen molar-refractivity contribution in [3.05, 3.63) is 89.0 Å². The van der Waals surface area contributed by atoms with Crippen LogP contribution in [0.3, 0.4) is 0 Å². The first-order valence-corrected chi connectivity index (χ1v) is 10.3. The molecular formula is C25H25F2N3O. The van der Waals surface area contributed by atoms with E-state index in [1.165, 1.54) is 29.8 Å². The molecule has 160 valence electrons. The Labute approximate surface area is 180 Å². The third kappa shape index (κ3) is 4.53. The molecule has 0 aromatic heterocycles. The number of nitrogens with one attached hydrogen (secondary N) is 3. The molecule has 0 fully saturated rings. The topological polar surface area (TPSA) is 53.2 Å². The number of fused-ring (bicyclic) bond motifs is 1. The Bertz CT molecular complexity index is 1110. The summed E-state index contributed by atoms with van der Waals surface area (Å²) in [5.41, 5.74) is 4.02. The van der Waals surface area contributed by atoms with Crippen LogP contribution in [0.15, 0.2) is 60.7 Å². The molecule has 1 heterocycles. The average molecular weight is 421 g/mol. The highest BCUT2D eigenvalue weighted by Gasteiger charge is 2.27. The van der Waals surface area contributed by atoms with Crippen LogP contribution in [0, 0.1) is 11.6 Å². The molecule has 0 aliphatic carbocycles. The summed E-state index contributed by atoms with van der Waals surface area (Å²) in [6.45, 7) is 5.55. The van der Waals surface area contributed by atoms with Gasteiger partial charge < -0.3 is 16.0 Å². The third-order valence-corrected chi connectivity index (χ3v) is 5.71. The van der Waals surface area contributed by atoms with E-state index < -0.39 is 11.7 Å². The molecule has 0 saturated carbocycles. The largest absolute Gasteiger partial charge is 0.385 e. The monoisotopic (exact) mass is 421 g/mol. The number of hydrogen-bond donors (Lipinski definition) is 3. The number of halogens is 2. The number of amides is 1. The van der Waals surface area contributed by atoms with Crippen molar-refractivity contribution in [2.24, 2.45) is 0 Å². The quantitative estimate of drug-likeness (QED) is 0.479. The lowest BCUT2D eigenvalue weighted by Crippen LogP contribution is -2.28. The van der Waals surface area contributed by atoms with Crippen molar-refractivity contribution in [3.63, 3.8) is 0 Å². The second kappa shape index (κ2) is 8.38. The number of anilines is 3. The van der Waals surface area contributed by atoms with Crippen molar-refractivity contribution in [3.8, 4) is 0 Å². The molecule has 0 radical (unpaired) electrons. The molecule has 1 amide bonds. The van der Waals surface area contributed by atoms with E-state index in [4.69, 9.17) is 0 Å². The van der Waals surface area contributed by atoms with Crippen LogP contribution in [0.4, 0.5) is 25.8 Å². The lowest BCUT2D eigenvalue weighted by molar-refractivity contribution is 0.102. The van der Waals surface area contributed by atoms with Crippen LogP contribution >= 0.6 is 0 Å². The second-order valence-corrected chi connectivity index (χ2v) is 8.42. The van der Waals surface area contributed by atoms with Gasteiger partial charge in [0.25, 0.3) is 5.91 Å². The normalized spacial score (nSPS) is 14.3. The molecule has 1 aliphatic rings. The summed E-state index contributed by atoms with van der Waals surface area (Å²) in [5.74, 6) is -1.27. The zero-order chi connectivity index (χ0) is 22.0. The number of benzene rings is 3. The lowest BCUT2D eigenvalue weighted by Gasteiger charge is -2.33. The van der Waals surface area contributed by atoms with Crippen LogP contribution in [0.5, 0.6) is 0 Å². The van der Waals surface area contributed by atoms with Crippen molar-refractivity contribution in [2.75, 3.05) is 22.5 Å². The van der Waals surface area contributed by atoms with Gasteiger partial charge in [-0.2, -0.15) is 0 Å². The molecule has 4 nitrogen and oxygen atoms in total. The van der Waals surface area contributed by atoms with E-state index >= 15 is 0 Å². The van der Waals surface area contributed by atoms with Crippen LogP contribution < -0.4 is 16.0 Å². The lowest BCUT2D eigenvalue weighted by atomic mass is 9.78. The van der Waals surface area contributed by atoms with Gasteiger partial charge in [0, 0.05) is 24.5 Å². The summed E-state index contributed by atoms with van der Waals surface area (Å²) >= 11 is 0. The molecule has 3 aromatic carbocycles. The standard InChI is InChI=1S/C25H25F2N3O/c1-25(2)12-13-28-22-14-18(10-11-20(22)25)30-24(31)19-4-3-5-21(27)23(19)29-15-16-6-8-17(26)9-7-16/h3-11,14,28-29H,12-13,15H2,1-2H3,(H,30,31). The van der Waals surface area contributed by atoms with E-state index in [1.807, 2.05) is 18.2 Å². The number of para-hydroxylation sites is 1. The van der Waals surface area contributed by atoms with Gasteiger partial charge in [0.1, 0.15) is 11.6 Å². The summed E-state index contributed by atoms with van der Waals surface area (Å²) < 4.78 is 27.6. The molecule has 31 heavy (non-hydrogen) atoms. The number of carbonyl (C=O) groups excluding carboxylic acids is 1. The smallest absolute Gasteiger partial charge is 0.257 e. The Morgan fingerprint density at radius 2 is 1.84 bits per heavy atom. The van der Waals surface area contributed by atoms with Crippen molar-refractivity contribution < 1.29 is 13.6 Å². The average Bonchev–Trinajstić information content (AvgIpc) is 2.73. The first kappa shape index (κ1) is 20.8. The van der Waals surface area contributed by atoms with Gasteiger partial charge in [-0.25, -0.2) is 8.78 Å². The molecule has 4 rings (SSSR count). The number of carbonyl (C=O) groups is 1. The van der Waals surface area contributed by atoms with Gasteiger partial charge in [-0.3, -0.25) is 4.79 Å². The second-order valence-electron chi connectivity index (χ2n) is 8.42. The highest BCUT2D eigenvalue weighted by molar-refractivity contribution is 6.08. The summed E-state index contributed by atoms with van der Waals surface area (Å²) in [5, 5.41) is 9.23. The fourth-order valence-electron chi connectivity index (χ4n) is 3.89. The molecule has 6 heteroatoms. The maximum absolute atomic E-state index is 14.5. The zero-order valence-corrected chi connectivity index (χ0v) is 17.6. The van der Waals surface area contributed by atoms with E-state index in [2.05, 4.69) is 29.8 Å². The first-order valence-electron chi connectivity index (χ1n) is 10.3. The maximum atomic E-state index is 14.5. The first-order chi connectivity index (χ1) is 14.8. The summed E-state index contributed by atoms with van der Waals surface area (Å²) in [4.78, 5) is 13.0. The number of rotatable bonds is 5. The molecule has 0 saturated heterocycles. The van der Waals surface area contributed by atoms with Crippen LogP contribution in [0.2, 0.25) is 0 Å². The summed E-state index contributed by atoms with van der Waals surface area (Å²) in [6.07, 6.45) is 1.04. The van der Waals surface area contributed by atoms with Gasteiger partial charge in [0.05, 0.1) is 11.3 Å². The SMILES string of the molecule is CC1(C)CCNc2cc(NC(=O)c3cccc(F)c3NCc3ccc(F)cc3)ccc21. The minimum absolute atomic E-state index is 0.0725. The van der Waals surface area contributed by atoms with Gasteiger partial charge >= 0.3 is 0 Å². The zero-order valence-electron chi connectivity index (χ0n) is 17.6. The number of hydrogen-bond acceptors (Lipinski definition) is 3.